The van der Waals surface area contributed by atoms with Crippen molar-refractivity contribution in [2.75, 3.05) is 50.7 Å². The molecule has 1 fully saturated rings. The zero-order chi connectivity index (χ0) is 22.5. The number of halogens is 3. The van der Waals surface area contributed by atoms with Crippen LogP contribution in [0.4, 0.5) is 18.9 Å². The molecule has 0 radical (unpaired) electrons. The minimum absolute atomic E-state index is 0.0795. The molecule has 1 N–H and O–H groups in total. The van der Waals surface area contributed by atoms with Gasteiger partial charge >= 0.3 is 6.18 Å². The Labute approximate surface area is 176 Å². The van der Waals surface area contributed by atoms with Crippen LogP contribution in [0, 0.1) is 0 Å². The third kappa shape index (κ3) is 7.19. The largest absolute Gasteiger partial charge is 0.416 e. The highest BCUT2D eigenvalue weighted by molar-refractivity contribution is 5.81. The first kappa shape index (κ1) is 24.0. The number of rotatable bonds is 6. The van der Waals surface area contributed by atoms with Crippen molar-refractivity contribution in [2.24, 2.45) is 0 Å². The van der Waals surface area contributed by atoms with Crippen molar-refractivity contribution in [2.45, 2.75) is 39.4 Å². The van der Waals surface area contributed by atoms with E-state index in [1.165, 1.54) is 6.07 Å². The second kappa shape index (κ2) is 9.68. The molecule has 1 heterocycles. The maximum atomic E-state index is 12.9. The number of hydrogen-bond acceptors (Lipinski definition) is 4. The Morgan fingerprint density at radius 1 is 1.07 bits per heavy atom. The summed E-state index contributed by atoms with van der Waals surface area (Å²) in [5.41, 5.74) is -0.503. The van der Waals surface area contributed by atoms with Gasteiger partial charge in [0.15, 0.2) is 0 Å². The number of amides is 2. The van der Waals surface area contributed by atoms with E-state index in [2.05, 4.69) is 5.32 Å². The molecule has 2 rings (SSSR count). The standard InChI is InChI=1S/C21H31F3N4O2/c1-5-26(14-18(29)25-20(2,3)4)15-19(30)28-11-9-27(10-12-28)17-8-6-7-16(13-17)21(22,23)24/h6-8,13H,5,9-12,14-15H2,1-4H3,(H,25,29). The Morgan fingerprint density at radius 2 is 1.70 bits per heavy atom. The van der Waals surface area contributed by atoms with Crippen LogP contribution in [0.15, 0.2) is 24.3 Å². The van der Waals surface area contributed by atoms with Gasteiger partial charge in [-0.15, -0.1) is 0 Å². The van der Waals surface area contributed by atoms with Crippen LogP contribution in [-0.4, -0.2) is 73.0 Å². The number of piperazine rings is 1. The van der Waals surface area contributed by atoms with Crippen molar-refractivity contribution in [3.8, 4) is 0 Å². The van der Waals surface area contributed by atoms with Gasteiger partial charge < -0.3 is 15.1 Å². The fourth-order valence-corrected chi connectivity index (χ4v) is 3.32. The zero-order valence-electron chi connectivity index (χ0n) is 18.1. The summed E-state index contributed by atoms with van der Waals surface area (Å²) in [5, 5.41) is 2.88. The number of nitrogens with one attached hydrogen (secondary N) is 1. The third-order valence-corrected chi connectivity index (χ3v) is 4.86. The molecule has 0 aromatic heterocycles. The lowest BCUT2D eigenvalue weighted by molar-refractivity contribution is -0.137. The van der Waals surface area contributed by atoms with E-state index in [-0.39, 0.29) is 30.4 Å². The minimum atomic E-state index is -4.38. The zero-order valence-corrected chi connectivity index (χ0v) is 18.1. The summed E-state index contributed by atoms with van der Waals surface area (Å²) in [6.45, 7) is 10.2. The first-order valence-electron chi connectivity index (χ1n) is 10.1. The normalized spacial score (nSPS) is 15.5. The van der Waals surface area contributed by atoms with Crippen LogP contribution < -0.4 is 10.2 Å². The second-order valence-corrected chi connectivity index (χ2v) is 8.52. The first-order chi connectivity index (χ1) is 13.9. The topological polar surface area (TPSA) is 55.9 Å². The predicted octanol–water partition coefficient (Wildman–Crippen LogP) is 2.59. The molecule has 1 aromatic carbocycles. The molecule has 1 aliphatic rings. The van der Waals surface area contributed by atoms with Crippen LogP contribution in [-0.2, 0) is 15.8 Å². The first-order valence-corrected chi connectivity index (χ1v) is 10.1. The summed E-state index contributed by atoms with van der Waals surface area (Å²) >= 11 is 0. The molecule has 1 aliphatic heterocycles. The van der Waals surface area contributed by atoms with Gasteiger partial charge in [0.2, 0.25) is 11.8 Å². The SMILES string of the molecule is CCN(CC(=O)NC(C)(C)C)CC(=O)N1CCN(c2cccc(C(F)(F)F)c2)CC1. The van der Waals surface area contributed by atoms with Crippen molar-refractivity contribution < 1.29 is 22.8 Å². The van der Waals surface area contributed by atoms with Gasteiger partial charge in [-0.3, -0.25) is 14.5 Å². The highest BCUT2D eigenvalue weighted by Crippen LogP contribution is 2.31. The van der Waals surface area contributed by atoms with Gasteiger partial charge in [-0.05, 0) is 45.5 Å². The van der Waals surface area contributed by atoms with Crippen LogP contribution in [0.25, 0.3) is 0 Å². The third-order valence-electron chi connectivity index (χ3n) is 4.86. The summed E-state index contributed by atoms with van der Waals surface area (Å²) in [4.78, 5) is 30.1. The second-order valence-electron chi connectivity index (χ2n) is 8.52. The van der Waals surface area contributed by atoms with Gasteiger partial charge in [0.1, 0.15) is 0 Å². The van der Waals surface area contributed by atoms with E-state index >= 15 is 0 Å². The molecular formula is C21H31F3N4O2. The van der Waals surface area contributed by atoms with E-state index in [0.717, 1.165) is 12.1 Å². The van der Waals surface area contributed by atoms with Gasteiger partial charge in [-0.25, -0.2) is 0 Å². The summed E-state index contributed by atoms with van der Waals surface area (Å²) in [6, 6.07) is 5.25. The number of carbonyl (C=O) groups excluding carboxylic acids is 2. The van der Waals surface area contributed by atoms with E-state index < -0.39 is 11.7 Å². The van der Waals surface area contributed by atoms with Gasteiger partial charge in [-0.1, -0.05) is 13.0 Å². The lowest BCUT2D eigenvalue weighted by Crippen LogP contribution is -2.52. The van der Waals surface area contributed by atoms with Crippen molar-refractivity contribution in [3.63, 3.8) is 0 Å². The molecule has 9 heteroatoms. The Hall–Kier alpha value is -2.29. The lowest BCUT2D eigenvalue weighted by Gasteiger charge is -2.37. The highest BCUT2D eigenvalue weighted by Gasteiger charge is 2.31. The van der Waals surface area contributed by atoms with Crippen LogP contribution in [0.5, 0.6) is 0 Å². The summed E-state index contributed by atoms with van der Waals surface area (Å²) in [6.07, 6.45) is -4.38. The van der Waals surface area contributed by atoms with Gasteiger partial charge in [0.05, 0.1) is 18.7 Å². The predicted molar refractivity (Wildman–Crippen MR) is 110 cm³/mol. The Morgan fingerprint density at radius 3 is 2.23 bits per heavy atom. The van der Waals surface area contributed by atoms with Gasteiger partial charge in [0, 0.05) is 37.4 Å². The van der Waals surface area contributed by atoms with Crippen LogP contribution in [0.1, 0.15) is 33.3 Å². The van der Waals surface area contributed by atoms with Crippen LogP contribution in [0.2, 0.25) is 0 Å². The van der Waals surface area contributed by atoms with E-state index in [4.69, 9.17) is 0 Å². The van der Waals surface area contributed by atoms with Crippen molar-refractivity contribution >= 4 is 17.5 Å². The fraction of sp³-hybridized carbons (Fsp3) is 0.619. The number of hydrogen-bond donors (Lipinski definition) is 1. The van der Waals surface area contributed by atoms with Crippen molar-refractivity contribution in [1.82, 2.24) is 15.1 Å². The summed E-state index contributed by atoms with van der Waals surface area (Å²) < 4.78 is 38.8. The van der Waals surface area contributed by atoms with E-state index in [0.29, 0.717) is 38.4 Å². The van der Waals surface area contributed by atoms with Crippen molar-refractivity contribution in [1.29, 1.82) is 0 Å². The molecule has 0 aliphatic carbocycles. The smallest absolute Gasteiger partial charge is 0.368 e. The molecule has 0 bridgehead atoms. The molecule has 0 spiro atoms. The number of anilines is 1. The highest BCUT2D eigenvalue weighted by atomic mass is 19.4. The molecular weight excluding hydrogens is 397 g/mol. The lowest BCUT2D eigenvalue weighted by atomic mass is 10.1. The minimum Gasteiger partial charge on any atom is -0.368 e. The molecule has 0 atom stereocenters. The monoisotopic (exact) mass is 428 g/mol. The molecule has 168 valence electrons. The number of likely N-dealkylation sites (N-methyl/N-ethyl adjacent to an activating group) is 1. The number of carbonyl (C=O) groups is 2. The maximum Gasteiger partial charge on any atom is 0.416 e. The molecule has 1 saturated heterocycles. The fourth-order valence-electron chi connectivity index (χ4n) is 3.32. The Balaban J connectivity index is 1.88. The Kier molecular flexibility index (Phi) is 7.74. The van der Waals surface area contributed by atoms with Crippen molar-refractivity contribution in [3.05, 3.63) is 29.8 Å². The average molecular weight is 428 g/mol. The van der Waals surface area contributed by atoms with Gasteiger partial charge in [-0.2, -0.15) is 13.2 Å². The average Bonchev–Trinajstić information content (AvgIpc) is 2.65. The van der Waals surface area contributed by atoms with E-state index in [1.807, 2.05) is 32.6 Å². The molecule has 0 saturated carbocycles. The summed E-state index contributed by atoms with van der Waals surface area (Å²) in [5.74, 6) is -0.212. The maximum absolute atomic E-state index is 12.9. The van der Waals surface area contributed by atoms with Gasteiger partial charge in [0.25, 0.3) is 0 Å². The molecule has 30 heavy (non-hydrogen) atoms. The number of alkyl halides is 3. The quantitative estimate of drug-likeness (QED) is 0.757. The van der Waals surface area contributed by atoms with E-state index in [1.54, 1.807) is 15.9 Å². The molecule has 2 amide bonds. The van der Waals surface area contributed by atoms with E-state index in [9.17, 15) is 22.8 Å². The van der Waals surface area contributed by atoms with Crippen LogP contribution >= 0.6 is 0 Å². The Bertz CT molecular complexity index is 739. The van der Waals surface area contributed by atoms with Crippen LogP contribution in [0.3, 0.4) is 0 Å². The number of nitrogens with zero attached hydrogens (tertiary/aromatic N) is 3. The number of benzene rings is 1. The molecule has 1 aromatic rings. The molecule has 6 nitrogen and oxygen atoms in total. The molecule has 0 unspecified atom stereocenters. The summed E-state index contributed by atoms with van der Waals surface area (Å²) in [7, 11) is 0.